The van der Waals surface area contributed by atoms with Crippen molar-refractivity contribution in [3.63, 3.8) is 0 Å². The molecule has 1 unspecified atom stereocenters. The van der Waals surface area contributed by atoms with Crippen molar-refractivity contribution in [3.8, 4) is 0 Å². The third-order valence-electron chi connectivity index (χ3n) is 5.01. The first-order valence-electron chi connectivity index (χ1n) is 8.71. The van der Waals surface area contributed by atoms with E-state index in [1.807, 2.05) is 19.1 Å². The second-order valence-corrected chi connectivity index (χ2v) is 7.48. The van der Waals surface area contributed by atoms with Gasteiger partial charge in [0.05, 0.1) is 6.54 Å². The molecule has 4 rings (SSSR count). The number of carbonyl (C=O) groups is 2. The molecular weight excluding hydrogens is 380 g/mol. The highest BCUT2D eigenvalue weighted by Gasteiger charge is 2.49. The van der Waals surface area contributed by atoms with Crippen LogP contribution in [0.15, 0.2) is 57.7 Å². The minimum absolute atomic E-state index is 0.0288. The van der Waals surface area contributed by atoms with Gasteiger partial charge in [0.1, 0.15) is 11.1 Å². The molecule has 1 saturated heterocycles. The summed E-state index contributed by atoms with van der Waals surface area (Å²) in [6.45, 7) is 3.51. The van der Waals surface area contributed by atoms with Crippen LogP contribution in [0.3, 0.4) is 0 Å². The molecule has 1 atom stereocenters. The second kappa shape index (κ2) is 6.49. The van der Waals surface area contributed by atoms with Crippen LogP contribution in [0.1, 0.15) is 23.6 Å². The molecule has 2 heterocycles. The predicted octanol–water partition coefficient (Wildman–Crippen LogP) is 3.72. The molecule has 0 spiro atoms. The lowest BCUT2D eigenvalue weighted by molar-refractivity contribution is -0.131. The molecule has 3 amide bonds. The van der Waals surface area contributed by atoms with Crippen LogP contribution < -0.4 is 10.9 Å². The van der Waals surface area contributed by atoms with E-state index in [1.165, 1.54) is 6.07 Å². The van der Waals surface area contributed by atoms with Crippen molar-refractivity contribution in [3.05, 3.63) is 80.7 Å². The number of hydrogen-bond acceptors (Lipinski definition) is 4. The van der Waals surface area contributed by atoms with E-state index in [2.05, 4.69) is 5.32 Å². The Morgan fingerprint density at radius 3 is 2.50 bits per heavy atom. The number of carbonyl (C=O) groups excluding carboxylic acids is 2. The molecule has 1 aromatic heterocycles. The van der Waals surface area contributed by atoms with E-state index in [0.29, 0.717) is 27.1 Å². The molecule has 0 bridgehead atoms. The summed E-state index contributed by atoms with van der Waals surface area (Å²) < 4.78 is 5.25. The van der Waals surface area contributed by atoms with E-state index in [9.17, 15) is 14.4 Å². The SMILES string of the molecule is Cc1ccc2c(CN3C(=O)NC(C)(c4ccc(Cl)cc4)C3=O)cc(=O)oc2c1. The van der Waals surface area contributed by atoms with Crippen molar-refractivity contribution in [2.45, 2.75) is 25.9 Å². The van der Waals surface area contributed by atoms with Crippen LogP contribution in [0.5, 0.6) is 0 Å². The first-order chi connectivity index (χ1) is 13.3. The molecule has 1 fully saturated rings. The zero-order valence-electron chi connectivity index (χ0n) is 15.3. The smallest absolute Gasteiger partial charge is 0.336 e. The Bertz CT molecular complexity index is 1170. The highest BCUT2D eigenvalue weighted by molar-refractivity contribution is 6.30. The molecule has 28 heavy (non-hydrogen) atoms. The molecule has 6 nitrogen and oxygen atoms in total. The van der Waals surface area contributed by atoms with Crippen molar-refractivity contribution in [2.75, 3.05) is 0 Å². The van der Waals surface area contributed by atoms with Crippen LogP contribution in [0.4, 0.5) is 4.79 Å². The quantitative estimate of drug-likeness (QED) is 0.540. The molecular formula is C21H17ClN2O4. The van der Waals surface area contributed by atoms with E-state index in [-0.39, 0.29) is 6.54 Å². The van der Waals surface area contributed by atoms with Crippen molar-refractivity contribution in [2.24, 2.45) is 0 Å². The number of urea groups is 1. The average molecular weight is 397 g/mol. The number of halogens is 1. The zero-order chi connectivity index (χ0) is 20.1. The van der Waals surface area contributed by atoms with Gasteiger partial charge in [-0.05, 0) is 48.7 Å². The summed E-state index contributed by atoms with van der Waals surface area (Å²) in [6.07, 6.45) is 0. The Kier molecular flexibility index (Phi) is 4.23. The standard InChI is InChI=1S/C21H17ClN2O4/c1-12-3-8-16-13(10-18(25)28-17(16)9-12)11-24-19(26)21(2,23-20(24)27)14-4-6-15(22)7-5-14/h3-10H,11H2,1-2H3,(H,23,27). The van der Waals surface area contributed by atoms with E-state index in [0.717, 1.165) is 10.5 Å². The van der Waals surface area contributed by atoms with Crippen molar-refractivity contribution in [1.29, 1.82) is 0 Å². The van der Waals surface area contributed by atoms with Crippen molar-refractivity contribution in [1.82, 2.24) is 10.2 Å². The molecule has 0 radical (unpaired) electrons. The predicted molar refractivity (Wildman–Crippen MR) is 105 cm³/mol. The molecule has 0 aliphatic carbocycles. The summed E-state index contributed by atoms with van der Waals surface area (Å²) in [6, 6.07) is 13.0. The Hall–Kier alpha value is -3.12. The summed E-state index contributed by atoms with van der Waals surface area (Å²) in [5.41, 5.74) is 0.822. The molecule has 1 aliphatic rings. The van der Waals surface area contributed by atoms with Crippen LogP contribution in [0.25, 0.3) is 11.0 Å². The summed E-state index contributed by atoms with van der Waals surface area (Å²) >= 11 is 5.93. The third-order valence-corrected chi connectivity index (χ3v) is 5.26. The summed E-state index contributed by atoms with van der Waals surface area (Å²) in [4.78, 5) is 38.8. The number of amides is 3. The molecule has 3 aromatic rings. The van der Waals surface area contributed by atoms with Crippen molar-refractivity contribution >= 4 is 34.5 Å². The third kappa shape index (κ3) is 2.96. The van der Waals surface area contributed by atoms with Gasteiger partial charge in [-0.1, -0.05) is 35.9 Å². The monoisotopic (exact) mass is 396 g/mol. The highest BCUT2D eigenvalue weighted by Crippen LogP contribution is 2.31. The summed E-state index contributed by atoms with van der Waals surface area (Å²) in [5.74, 6) is -0.395. The van der Waals surface area contributed by atoms with Gasteiger partial charge >= 0.3 is 11.7 Å². The molecule has 7 heteroatoms. The number of fused-ring (bicyclic) bond motifs is 1. The fraction of sp³-hybridized carbons (Fsp3) is 0.190. The Morgan fingerprint density at radius 1 is 1.07 bits per heavy atom. The van der Waals surface area contributed by atoms with Gasteiger partial charge in [0, 0.05) is 16.5 Å². The molecule has 142 valence electrons. The lowest BCUT2D eigenvalue weighted by Gasteiger charge is -2.22. The minimum atomic E-state index is -1.20. The Morgan fingerprint density at radius 2 is 1.79 bits per heavy atom. The Labute approximate surface area is 165 Å². The van der Waals surface area contributed by atoms with E-state index < -0.39 is 23.1 Å². The average Bonchev–Trinajstić information content (AvgIpc) is 2.85. The Balaban J connectivity index is 1.72. The van der Waals surface area contributed by atoms with E-state index in [1.54, 1.807) is 37.3 Å². The fourth-order valence-corrected chi connectivity index (χ4v) is 3.58. The van der Waals surface area contributed by atoms with E-state index in [4.69, 9.17) is 16.0 Å². The van der Waals surface area contributed by atoms with E-state index >= 15 is 0 Å². The molecule has 1 aliphatic heterocycles. The van der Waals surface area contributed by atoms with Gasteiger partial charge in [0.15, 0.2) is 0 Å². The number of imide groups is 1. The number of nitrogens with one attached hydrogen (secondary N) is 1. The molecule has 0 saturated carbocycles. The normalized spacial score (nSPS) is 19.3. The molecule has 2 aromatic carbocycles. The summed E-state index contributed by atoms with van der Waals surface area (Å²) in [5, 5.41) is 3.98. The maximum atomic E-state index is 13.1. The van der Waals surface area contributed by atoms with Crippen molar-refractivity contribution < 1.29 is 14.0 Å². The van der Waals surface area contributed by atoms with Gasteiger partial charge < -0.3 is 9.73 Å². The van der Waals surface area contributed by atoms with Crippen LogP contribution >= 0.6 is 11.6 Å². The van der Waals surface area contributed by atoms with Gasteiger partial charge in [-0.25, -0.2) is 9.59 Å². The van der Waals surface area contributed by atoms with Crippen LogP contribution in [-0.4, -0.2) is 16.8 Å². The highest BCUT2D eigenvalue weighted by atomic mass is 35.5. The number of nitrogens with zero attached hydrogens (tertiary/aromatic N) is 1. The van der Waals surface area contributed by atoms with Gasteiger partial charge in [-0.3, -0.25) is 9.69 Å². The molecule has 1 N–H and O–H groups in total. The van der Waals surface area contributed by atoms with Gasteiger partial charge in [0.25, 0.3) is 5.91 Å². The maximum Gasteiger partial charge on any atom is 0.336 e. The van der Waals surface area contributed by atoms with Crippen LogP contribution in [0.2, 0.25) is 5.02 Å². The lowest BCUT2D eigenvalue weighted by Crippen LogP contribution is -2.40. The maximum absolute atomic E-state index is 13.1. The largest absolute Gasteiger partial charge is 0.423 e. The first kappa shape index (κ1) is 18.3. The number of benzene rings is 2. The number of hydrogen-bond donors (Lipinski definition) is 1. The van der Waals surface area contributed by atoms with Crippen LogP contribution in [-0.2, 0) is 16.9 Å². The summed E-state index contributed by atoms with van der Waals surface area (Å²) in [7, 11) is 0. The zero-order valence-corrected chi connectivity index (χ0v) is 16.0. The van der Waals surface area contributed by atoms with Gasteiger partial charge in [-0.2, -0.15) is 0 Å². The minimum Gasteiger partial charge on any atom is -0.423 e. The number of aryl methyl sites for hydroxylation is 1. The lowest BCUT2D eigenvalue weighted by atomic mass is 9.92. The first-order valence-corrected chi connectivity index (χ1v) is 9.09. The fourth-order valence-electron chi connectivity index (χ4n) is 3.46. The number of rotatable bonds is 3. The second-order valence-electron chi connectivity index (χ2n) is 7.04. The topological polar surface area (TPSA) is 79.6 Å². The van der Waals surface area contributed by atoms with Crippen LogP contribution in [0, 0.1) is 6.92 Å². The van der Waals surface area contributed by atoms with Gasteiger partial charge in [-0.15, -0.1) is 0 Å². The van der Waals surface area contributed by atoms with Gasteiger partial charge in [0.2, 0.25) is 0 Å².